The minimum atomic E-state index is -4.85. The third-order valence-corrected chi connectivity index (χ3v) is 6.25. The summed E-state index contributed by atoms with van der Waals surface area (Å²) in [5.74, 6) is 0.0843. The Hall–Kier alpha value is -3.54. The average Bonchev–Trinajstić information content (AvgIpc) is 3.32. The molecule has 1 fully saturated rings. The summed E-state index contributed by atoms with van der Waals surface area (Å²) < 4.78 is 55.4. The first-order chi connectivity index (χ1) is 18.4. The molecule has 0 atom stereocenters. The second kappa shape index (κ2) is 11.7. The normalized spacial score (nSPS) is 17.9. The van der Waals surface area contributed by atoms with Crippen molar-refractivity contribution >= 4 is 17.7 Å². The number of halogens is 4. The molecule has 1 saturated carbocycles. The van der Waals surface area contributed by atoms with Gasteiger partial charge < -0.3 is 19.5 Å². The Kier molecular flexibility index (Phi) is 8.53. The van der Waals surface area contributed by atoms with Crippen molar-refractivity contribution in [3.05, 3.63) is 48.1 Å². The van der Waals surface area contributed by atoms with E-state index < -0.39 is 23.8 Å². The van der Waals surface area contributed by atoms with Crippen LogP contribution in [-0.4, -0.2) is 50.5 Å². The van der Waals surface area contributed by atoms with Crippen LogP contribution in [0.2, 0.25) is 5.15 Å². The molecule has 1 aliphatic rings. The number of nitrogens with one attached hydrogen (secondary N) is 1. The molecule has 4 rings (SSSR count). The van der Waals surface area contributed by atoms with Gasteiger partial charge in [-0.1, -0.05) is 23.7 Å². The van der Waals surface area contributed by atoms with E-state index in [1.54, 1.807) is 6.07 Å². The molecule has 1 aromatic carbocycles. The lowest BCUT2D eigenvalue weighted by atomic mass is 9.86. The third-order valence-electron chi connectivity index (χ3n) is 5.99. The zero-order valence-corrected chi connectivity index (χ0v) is 22.4. The van der Waals surface area contributed by atoms with E-state index in [0.29, 0.717) is 17.9 Å². The summed E-state index contributed by atoms with van der Waals surface area (Å²) in [5.41, 5.74) is 0.373. The van der Waals surface area contributed by atoms with Crippen molar-refractivity contribution in [1.29, 1.82) is 0 Å². The first-order valence-corrected chi connectivity index (χ1v) is 12.8. The summed E-state index contributed by atoms with van der Waals surface area (Å²) in [6.07, 6.45) is 2.18. The van der Waals surface area contributed by atoms with E-state index >= 15 is 0 Å². The molecule has 9 nitrogen and oxygen atoms in total. The monoisotopic (exact) mass is 567 g/mol. The fourth-order valence-corrected chi connectivity index (χ4v) is 4.46. The van der Waals surface area contributed by atoms with E-state index in [2.05, 4.69) is 25.1 Å². The van der Waals surface area contributed by atoms with Gasteiger partial charge in [0.25, 0.3) is 0 Å². The Balaban J connectivity index is 1.42. The van der Waals surface area contributed by atoms with Gasteiger partial charge in [0.2, 0.25) is 0 Å². The second-order valence-electron chi connectivity index (χ2n) is 10.2. The van der Waals surface area contributed by atoms with Gasteiger partial charge in [0, 0.05) is 17.8 Å². The van der Waals surface area contributed by atoms with Crippen LogP contribution in [0, 0.1) is 5.92 Å². The van der Waals surface area contributed by atoms with E-state index in [-0.39, 0.29) is 28.5 Å². The van der Waals surface area contributed by atoms with Crippen molar-refractivity contribution in [2.75, 3.05) is 6.61 Å². The number of nitrogens with zero attached hydrogens (tertiary/aromatic N) is 4. The largest absolute Gasteiger partial charge is 0.573 e. The lowest BCUT2D eigenvalue weighted by Gasteiger charge is -2.30. The molecule has 2 aromatic heterocycles. The van der Waals surface area contributed by atoms with Crippen LogP contribution >= 0.6 is 11.6 Å². The van der Waals surface area contributed by atoms with E-state index in [0.717, 1.165) is 25.7 Å². The third kappa shape index (κ3) is 7.98. The number of alkyl halides is 3. The standard InChI is InChI=1S/C26H29ClF3N5O4/c1-25(2,3)39-24(36)34-18-10-8-16(9-11-18)14-37-22-21(31-15-32-23(22)27)17-12-33-35(13-17)19-6-4-5-7-20(19)38-26(28,29)30/h4-7,12-13,15-16,18H,8-11,14H2,1-3H3,(H,34,36). The Morgan fingerprint density at radius 3 is 2.54 bits per heavy atom. The molecule has 0 saturated heterocycles. The first kappa shape index (κ1) is 28.5. The summed E-state index contributed by atoms with van der Waals surface area (Å²) in [4.78, 5) is 20.4. The molecular weight excluding hydrogens is 539 g/mol. The maximum Gasteiger partial charge on any atom is 0.573 e. The van der Waals surface area contributed by atoms with Crippen LogP contribution in [0.5, 0.6) is 11.5 Å². The quantitative estimate of drug-likeness (QED) is 0.332. The van der Waals surface area contributed by atoms with Gasteiger partial charge in [0.15, 0.2) is 16.7 Å². The van der Waals surface area contributed by atoms with Crippen LogP contribution < -0.4 is 14.8 Å². The number of hydrogen-bond acceptors (Lipinski definition) is 7. The van der Waals surface area contributed by atoms with Gasteiger partial charge in [0.1, 0.15) is 23.3 Å². The number of hydrogen-bond donors (Lipinski definition) is 1. The van der Waals surface area contributed by atoms with Crippen molar-refractivity contribution < 1.29 is 32.2 Å². The number of carbonyl (C=O) groups is 1. The van der Waals surface area contributed by atoms with E-state index in [4.69, 9.17) is 21.1 Å². The molecule has 13 heteroatoms. The van der Waals surface area contributed by atoms with Gasteiger partial charge >= 0.3 is 12.5 Å². The molecule has 3 aromatic rings. The highest BCUT2D eigenvalue weighted by atomic mass is 35.5. The Morgan fingerprint density at radius 2 is 1.85 bits per heavy atom. The number of ether oxygens (including phenoxy) is 3. The molecular formula is C26H29ClF3N5O4. The molecule has 1 amide bonds. The van der Waals surface area contributed by atoms with Crippen LogP contribution in [0.25, 0.3) is 16.9 Å². The second-order valence-corrected chi connectivity index (χ2v) is 10.6. The maximum atomic E-state index is 12.9. The van der Waals surface area contributed by atoms with E-state index in [1.807, 2.05) is 20.8 Å². The Bertz CT molecular complexity index is 1290. The fourth-order valence-electron chi connectivity index (χ4n) is 4.27. The molecule has 0 spiro atoms. The highest BCUT2D eigenvalue weighted by molar-refractivity contribution is 6.31. The van der Waals surface area contributed by atoms with E-state index in [9.17, 15) is 18.0 Å². The smallest absolute Gasteiger partial charge is 0.488 e. The average molecular weight is 568 g/mol. The molecule has 39 heavy (non-hydrogen) atoms. The van der Waals surface area contributed by atoms with Crippen LogP contribution in [0.15, 0.2) is 43.0 Å². The summed E-state index contributed by atoms with van der Waals surface area (Å²) >= 11 is 6.34. The predicted octanol–water partition coefficient (Wildman–Crippen LogP) is 6.34. The minimum Gasteiger partial charge on any atom is -0.488 e. The van der Waals surface area contributed by atoms with Crippen LogP contribution in [0.3, 0.4) is 0 Å². The van der Waals surface area contributed by atoms with Gasteiger partial charge in [-0.2, -0.15) is 5.10 Å². The first-order valence-electron chi connectivity index (χ1n) is 12.4. The van der Waals surface area contributed by atoms with Crippen LogP contribution in [-0.2, 0) is 4.74 Å². The fraction of sp³-hybridized carbons (Fsp3) is 0.462. The van der Waals surface area contributed by atoms with Gasteiger partial charge in [-0.25, -0.2) is 19.4 Å². The van der Waals surface area contributed by atoms with Gasteiger partial charge in [-0.3, -0.25) is 0 Å². The summed E-state index contributed by atoms with van der Waals surface area (Å²) in [7, 11) is 0. The molecule has 0 radical (unpaired) electrons. The van der Waals surface area contributed by atoms with Crippen molar-refractivity contribution in [3.8, 4) is 28.4 Å². The zero-order chi connectivity index (χ0) is 28.2. The molecule has 0 aliphatic heterocycles. The number of amides is 1. The van der Waals surface area contributed by atoms with Crippen molar-refractivity contribution in [1.82, 2.24) is 25.1 Å². The highest BCUT2D eigenvalue weighted by Gasteiger charge is 2.32. The number of benzene rings is 1. The minimum absolute atomic E-state index is 0.0327. The molecule has 210 valence electrons. The number of para-hydroxylation sites is 2. The van der Waals surface area contributed by atoms with Gasteiger partial charge in [-0.15, -0.1) is 13.2 Å². The summed E-state index contributed by atoms with van der Waals surface area (Å²) in [6, 6.07) is 5.71. The molecule has 2 heterocycles. The van der Waals surface area contributed by atoms with Crippen molar-refractivity contribution in [2.24, 2.45) is 5.92 Å². The Labute approximate surface area is 228 Å². The van der Waals surface area contributed by atoms with E-state index in [1.165, 1.54) is 41.6 Å². The maximum absolute atomic E-state index is 12.9. The SMILES string of the molecule is CC(C)(C)OC(=O)NC1CCC(COc2c(Cl)ncnc2-c2cnn(-c3ccccc3OC(F)(F)F)c2)CC1. The van der Waals surface area contributed by atoms with Crippen LogP contribution in [0.1, 0.15) is 46.5 Å². The lowest BCUT2D eigenvalue weighted by molar-refractivity contribution is -0.274. The topological polar surface area (TPSA) is 100 Å². The zero-order valence-electron chi connectivity index (χ0n) is 21.7. The predicted molar refractivity (Wildman–Crippen MR) is 137 cm³/mol. The van der Waals surface area contributed by atoms with Gasteiger partial charge in [-0.05, 0) is 64.5 Å². The number of alkyl carbamates (subject to hydrolysis) is 1. The van der Waals surface area contributed by atoms with Gasteiger partial charge in [0.05, 0.1) is 12.8 Å². The molecule has 1 aliphatic carbocycles. The molecule has 0 unspecified atom stereocenters. The number of carbonyl (C=O) groups excluding carboxylic acids is 1. The van der Waals surface area contributed by atoms with Crippen molar-refractivity contribution in [3.63, 3.8) is 0 Å². The lowest BCUT2D eigenvalue weighted by Crippen LogP contribution is -2.41. The van der Waals surface area contributed by atoms with Crippen LogP contribution in [0.4, 0.5) is 18.0 Å². The molecule has 1 N–H and O–H groups in total. The number of rotatable bonds is 7. The Morgan fingerprint density at radius 1 is 1.13 bits per heavy atom. The highest BCUT2D eigenvalue weighted by Crippen LogP contribution is 2.36. The summed E-state index contributed by atoms with van der Waals surface area (Å²) in [6.45, 7) is 5.81. The summed E-state index contributed by atoms with van der Waals surface area (Å²) in [5, 5.41) is 7.22. The molecule has 0 bridgehead atoms. The number of aromatic nitrogens is 4. The van der Waals surface area contributed by atoms with Crippen molar-refractivity contribution in [2.45, 2.75) is 64.5 Å².